The topological polar surface area (TPSA) is 49.4 Å². The predicted molar refractivity (Wildman–Crippen MR) is 122 cm³/mol. The number of carbonyl (C=O) groups is 2. The summed E-state index contributed by atoms with van der Waals surface area (Å²) in [6.45, 7) is 2.00. The number of benzene rings is 2. The normalized spacial score (nSPS) is 15.0. The van der Waals surface area contributed by atoms with Gasteiger partial charge in [-0.25, -0.2) is 0 Å². The first-order valence-electron chi connectivity index (χ1n) is 10.6. The fourth-order valence-electron chi connectivity index (χ4n) is 3.98. The molecule has 1 fully saturated rings. The third kappa shape index (κ3) is 5.77. The summed E-state index contributed by atoms with van der Waals surface area (Å²) < 4.78 is 0. The molecule has 2 amide bonds. The van der Waals surface area contributed by atoms with Gasteiger partial charge in [0.2, 0.25) is 11.8 Å². The van der Waals surface area contributed by atoms with E-state index >= 15 is 0 Å². The SMILES string of the molecule is CCC(=O)N(Cc1c(Cl)cccc1Cl)[C@H](Cc1ccccc1)C(=O)NC1CCCC1. The first-order chi connectivity index (χ1) is 14.5. The van der Waals surface area contributed by atoms with Gasteiger partial charge in [-0.1, -0.05) is 79.4 Å². The highest BCUT2D eigenvalue weighted by Gasteiger charge is 2.32. The van der Waals surface area contributed by atoms with E-state index in [0.717, 1.165) is 31.2 Å². The summed E-state index contributed by atoms with van der Waals surface area (Å²) in [5, 5.41) is 4.16. The molecule has 2 aromatic carbocycles. The quantitative estimate of drug-likeness (QED) is 0.589. The van der Waals surface area contributed by atoms with Crippen LogP contribution in [0.25, 0.3) is 0 Å². The molecular weight excluding hydrogens is 419 g/mol. The van der Waals surface area contributed by atoms with Crippen LogP contribution in [0.1, 0.15) is 50.2 Å². The van der Waals surface area contributed by atoms with E-state index in [9.17, 15) is 9.59 Å². The fourth-order valence-corrected chi connectivity index (χ4v) is 4.50. The fraction of sp³-hybridized carbons (Fsp3) is 0.417. The van der Waals surface area contributed by atoms with Crippen molar-refractivity contribution in [2.75, 3.05) is 0 Å². The first kappa shape index (κ1) is 22.6. The summed E-state index contributed by atoms with van der Waals surface area (Å²) in [4.78, 5) is 28.0. The van der Waals surface area contributed by atoms with E-state index in [0.29, 0.717) is 28.5 Å². The van der Waals surface area contributed by atoms with Crippen LogP contribution in [0.15, 0.2) is 48.5 Å². The van der Waals surface area contributed by atoms with Gasteiger partial charge in [0, 0.05) is 41.0 Å². The lowest BCUT2D eigenvalue weighted by atomic mass is 10.0. The van der Waals surface area contributed by atoms with Crippen LogP contribution in [0, 0.1) is 0 Å². The van der Waals surface area contributed by atoms with Crippen LogP contribution in [0.5, 0.6) is 0 Å². The average Bonchev–Trinajstić information content (AvgIpc) is 3.25. The first-order valence-corrected chi connectivity index (χ1v) is 11.3. The molecule has 4 nitrogen and oxygen atoms in total. The number of amides is 2. The number of carbonyl (C=O) groups excluding carboxylic acids is 2. The molecule has 3 rings (SSSR count). The van der Waals surface area contributed by atoms with Crippen molar-refractivity contribution in [1.82, 2.24) is 10.2 Å². The van der Waals surface area contributed by atoms with Crippen LogP contribution in [0.3, 0.4) is 0 Å². The maximum atomic E-state index is 13.4. The Morgan fingerprint density at radius 2 is 1.67 bits per heavy atom. The van der Waals surface area contributed by atoms with Gasteiger partial charge in [0.25, 0.3) is 0 Å². The predicted octanol–water partition coefficient (Wildman–Crippen LogP) is 5.40. The highest BCUT2D eigenvalue weighted by Crippen LogP contribution is 2.27. The van der Waals surface area contributed by atoms with Crippen molar-refractivity contribution in [2.24, 2.45) is 0 Å². The summed E-state index contributed by atoms with van der Waals surface area (Å²) >= 11 is 12.8. The minimum atomic E-state index is -0.632. The Kier molecular flexibility index (Phi) is 8.17. The molecule has 1 N–H and O–H groups in total. The van der Waals surface area contributed by atoms with Crippen LogP contribution in [0.2, 0.25) is 10.0 Å². The molecule has 0 radical (unpaired) electrons. The van der Waals surface area contributed by atoms with Gasteiger partial charge in [0.1, 0.15) is 6.04 Å². The Bertz CT molecular complexity index is 847. The Morgan fingerprint density at radius 3 is 2.27 bits per heavy atom. The minimum absolute atomic E-state index is 0.103. The molecule has 1 atom stereocenters. The molecule has 1 aliphatic carbocycles. The van der Waals surface area contributed by atoms with Gasteiger partial charge < -0.3 is 10.2 Å². The number of nitrogens with zero attached hydrogens (tertiary/aromatic N) is 1. The lowest BCUT2D eigenvalue weighted by Gasteiger charge is -2.32. The number of nitrogens with one attached hydrogen (secondary N) is 1. The number of hydrogen-bond acceptors (Lipinski definition) is 2. The van der Waals surface area contributed by atoms with Gasteiger partial charge in [-0.3, -0.25) is 9.59 Å². The van der Waals surface area contributed by atoms with E-state index in [-0.39, 0.29) is 24.4 Å². The molecule has 1 saturated carbocycles. The Balaban J connectivity index is 1.92. The zero-order chi connectivity index (χ0) is 21.5. The van der Waals surface area contributed by atoms with Gasteiger partial charge in [-0.05, 0) is 30.5 Å². The summed E-state index contributed by atoms with van der Waals surface area (Å²) in [6.07, 6.45) is 4.96. The molecule has 0 heterocycles. The van der Waals surface area contributed by atoms with E-state index < -0.39 is 6.04 Å². The summed E-state index contributed by atoms with van der Waals surface area (Å²) in [6, 6.07) is 14.6. The molecular formula is C24H28Cl2N2O2. The highest BCUT2D eigenvalue weighted by molar-refractivity contribution is 6.36. The molecule has 2 aromatic rings. The Hall–Kier alpha value is -2.04. The highest BCUT2D eigenvalue weighted by atomic mass is 35.5. The number of rotatable bonds is 8. The third-order valence-corrected chi connectivity index (χ3v) is 6.37. The van der Waals surface area contributed by atoms with Crippen molar-refractivity contribution >= 4 is 35.0 Å². The Labute approximate surface area is 188 Å². The van der Waals surface area contributed by atoms with Crippen molar-refractivity contribution in [1.29, 1.82) is 0 Å². The standard InChI is InChI=1S/C24H28Cl2N2O2/c1-2-23(29)28(16-19-20(25)13-8-14-21(19)26)22(15-17-9-4-3-5-10-17)24(30)27-18-11-6-7-12-18/h3-5,8-10,13-14,18,22H,2,6-7,11-12,15-16H2,1H3,(H,27,30)/t22-/m1/s1. The van der Waals surface area contributed by atoms with Gasteiger partial charge >= 0.3 is 0 Å². The Morgan fingerprint density at radius 1 is 1.03 bits per heavy atom. The third-order valence-electron chi connectivity index (χ3n) is 5.67. The maximum Gasteiger partial charge on any atom is 0.243 e. The molecule has 30 heavy (non-hydrogen) atoms. The molecule has 0 aromatic heterocycles. The smallest absolute Gasteiger partial charge is 0.243 e. The van der Waals surface area contributed by atoms with Gasteiger partial charge in [0.15, 0.2) is 0 Å². The lowest BCUT2D eigenvalue weighted by Crippen LogP contribution is -2.52. The van der Waals surface area contributed by atoms with Crippen molar-refractivity contribution in [3.63, 3.8) is 0 Å². The van der Waals surface area contributed by atoms with Crippen molar-refractivity contribution in [2.45, 2.75) is 64.1 Å². The van der Waals surface area contributed by atoms with E-state index in [1.807, 2.05) is 30.3 Å². The van der Waals surface area contributed by atoms with E-state index in [2.05, 4.69) is 5.32 Å². The second-order valence-corrected chi connectivity index (χ2v) is 8.59. The molecule has 0 saturated heterocycles. The second kappa shape index (κ2) is 10.8. The molecule has 0 spiro atoms. The van der Waals surface area contributed by atoms with E-state index in [4.69, 9.17) is 23.2 Å². The number of hydrogen-bond donors (Lipinski definition) is 1. The minimum Gasteiger partial charge on any atom is -0.352 e. The van der Waals surface area contributed by atoms with Crippen LogP contribution in [0.4, 0.5) is 0 Å². The maximum absolute atomic E-state index is 13.4. The summed E-state index contributed by atoms with van der Waals surface area (Å²) in [7, 11) is 0. The van der Waals surface area contributed by atoms with E-state index in [1.54, 1.807) is 30.0 Å². The van der Waals surface area contributed by atoms with E-state index in [1.165, 1.54) is 0 Å². The van der Waals surface area contributed by atoms with Crippen molar-refractivity contribution < 1.29 is 9.59 Å². The molecule has 160 valence electrons. The largest absolute Gasteiger partial charge is 0.352 e. The molecule has 6 heteroatoms. The zero-order valence-corrected chi connectivity index (χ0v) is 18.8. The van der Waals surface area contributed by atoms with Crippen LogP contribution < -0.4 is 5.32 Å². The molecule has 1 aliphatic rings. The lowest BCUT2D eigenvalue weighted by molar-refractivity contribution is -0.141. The van der Waals surface area contributed by atoms with Crippen LogP contribution in [-0.4, -0.2) is 28.8 Å². The molecule has 0 bridgehead atoms. The number of halogens is 2. The summed E-state index contributed by atoms with van der Waals surface area (Å²) in [5.41, 5.74) is 1.66. The van der Waals surface area contributed by atoms with Crippen LogP contribution >= 0.6 is 23.2 Å². The monoisotopic (exact) mass is 446 g/mol. The molecule has 0 aliphatic heterocycles. The van der Waals surface area contributed by atoms with Crippen molar-refractivity contribution in [3.05, 3.63) is 69.7 Å². The van der Waals surface area contributed by atoms with Crippen LogP contribution in [-0.2, 0) is 22.6 Å². The summed E-state index contributed by atoms with van der Waals surface area (Å²) in [5.74, 6) is -0.218. The molecule has 0 unspecified atom stereocenters. The zero-order valence-electron chi connectivity index (χ0n) is 17.2. The van der Waals surface area contributed by atoms with Gasteiger partial charge in [-0.15, -0.1) is 0 Å². The average molecular weight is 447 g/mol. The van der Waals surface area contributed by atoms with Gasteiger partial charge in [0.05, 0.1) is 0 Å². The van der Waals surface area contributed by atoms with Gasteiger partial charge in [-0.2, -0.15) is 0 Å². The van der Waals surface area contributed by atoms with Crippen molar-refractivity contribution in [3.8, 4) is 0 Å². The second-order valence-electron chi connectivity index (χ2n) is 7.77.